The van der Waals surface area contributed by atoms with Crippen LogP contribution in [-0.2, 0) is 5.33 Å². The molecule has 0 fully saturated rings. The van der Waals surface area contributed by atoms with Crippen molar-refractivity contribution < 1.29 is 27.9 Å². The highest BCUT2D eigenvalue weighted by Gasteiger charge is 2.37. The van der Waals surface area contributed by atoms with Gasteiger partial charge in [-0.3, -0.25) is 10.1 Å². The lowest BCUT2D eigenvalue weighted by atomic mass is 10.2. The Labute approximate surface area is 100 Å². The number of aromatic hydroxyl groups is 1. The second-order valence-corrected chi connectivity index (χ2v) is 3.28. The van der Waals surface area contributed by atoms with Crippen LogP contribution in [-0.4, -0.2) is 21.4 Å². The Balaban J connectivity index is 3.36. The van der Waals surface area contributed by atoms with Gasteiger partial charge in [0, 0.05) is 5.33 Å². The normalized spacial score (nSPS) is 11.3. The lowest BCUT2D eigenvalue weighted by Gasteiger charge is -2.10. The monoisotopic (exact) mass is 316 g/mol. The molecule has 0 aliphatic carbocycles. The van der Waals surface area contributed by atoms with Crippen molar-refractivity contribution in [1.29, 1.82) is 0 Å². The van der Waals surface area contributed by atoms with Gasteiger partial charge in [-0.2, -0.15) is 0 Å². The summed E-state index contributed by atoms with van der Waals surface area (Å²) < 4.78 is 39.3. The Kier molecular flexibility index (Phi) is 3.76. The van der Waals surface area contributed by atoms with Crippen molar-refractivity contribution in [1.82, 2.24) is 4.98 Å². The van der Waals surface area contributed by atoms with Crippen LogP contribution in [0.4, 0.5) is 18.9 Å². The number of nitro groups is 1. The number of alkyl halides is 4. The predicted octanol–water partition coefficient (Wildman–Crippen LogP) is 2.49. The molecule has 94 valence electrons. The summed E-state index contributed by atoms with van der Waals surface area (Å²) in [4.78, 5) is 12.6. The molecular formula is C7H4BrF3N2O4. The van der Waals surface area contributed by atoms with E-state index in [-0.39, 0.29) is 10.9 Å². The molecule has 0 aliphatic rings. The van der Waals surface area contributed by atoms with Gasteiger partial charge in [0.1, 0.15) is 5.75 Å². The van der Waals surface area contributed by atoms with Crippen LogP contribution in [0.3, 0.4) is 0 Å². The fourth-order valence-electron chi connectivity index (χ4n) is 1.01. The van der Waals surface area contributed by atoms with Gasteiger partial charge in [-0.15, -0.1) is 13.2 Å². The molecule has 0 spiro atoms. The maximum atomic E-state index is 12.0. The van der Waals surface area contributed by atoms with Crippen molar-refractivity contribution in [3.8, 4) is 11.6 Å². The van der Waals surface area contributed by atoms with Gasteiger partial charge >= 0.3 is 17.9 Å². The standard InChI is InChI=1S/C7H4BrF3N2O4/c8-1-3-4(14)2-12-6(5(3)13(15)16)17-7(9,10)11/h2,14H,1H2. The molecule has 0 saturated heterocycles. The van der Waals surface area contributed by atoms with Gasteiger partial charge in [-0.05, 0) is 0 Å². The van der Waals surface area contributed by atoms with E-state index in [2.05, 4.69) is 25.7 Å². The number of hydrogen-bond acceptors (Lipinski definition) is 5. The van der Waals surface area contributed by atoms with Crippen LogP contribution in [0, 0.1) is 10.1 Å². The fraction of sp³-hybridized carbons (Fsp3) is 0.286. The number of rotatable bonds is 3. The van der Waals surface area contributed by atoms with E-state index in [1.54, 1.807) is 0 Å². The van der Waals surface area contributed by atoms with E-state index >= 15 is 0 Å². The molecule has 0 bridgehead atoms. The first-order valence-electron chi connectivity index (χ1n) is 3.93. The third-order valence-corrected chi connectivity index (χ3v) is 2.19. The summed E-state index contributed by atoms with van der Waals surface area (Å²) in [7, 11) is 0. The van der Waals surface area contributed by atoms with Gasteiger partial charge in [0.2, 0.25) is 0 Å². The predicted molar refractivity (Wildman–Crippen MR) is 51.9 cm³/mol. The highest BCUT2D eigenvalue weighted by atomic mass is 79.9. The zero-order valence-corrected chi connectivity index (χ0v) is 9.45. The van der Waals surface area contributed by atoms with Crippen LogP contribution in [0.15, 0.2) is 6.20 Å². The zero-order valence-electron chi connectivity index (χ0n) is 7.86. The molecule has 10 heteroatoms. The van der Waals surface area contributed by atoms with Crippen LogP contribution in [0.5, 0.6) is 11.6 Å². The maximum Gasteiger partial charge on any atom is 0.574 e. The smallest absolute Gasteiger partial charge is 0.506 e. The summed E-state index contributed by atoms with van der Waals surface area (Å²) in [5.41, 5.74) is -1.37. The molecule has 0 saturated carbocycles. The number of pyridine rings is 1. The Morgan fingerprint density at radius 2 is 2.18 bits per heavy atom. The Bertz CT molecular complexity index is 451. The Hall–Kier alpha value is -1.58. The molecule has 0 aliphatic heterocycles. The molecule has 17 heavy (non-hydrogen) atoms. The Morgan fingerprint density at radius 3 is 2.59 bits per heavy atom. The van der Waals surface area contributed by atoms with E-state index in [0.29, 0.717) is 6.20 Å². The minimum atomic E-state index is -5.10. The van der Waals surface area contributed by atoms with E-state index in [0.717, 1.165) is 0 Å². The molecule has 1 N–H and O–H groups in total. The molecule has 1 aromatic heterocycles. The van der Waals surface area contributed by atoms with Crippen LogP contribution >= 0.6 is 15.9 Å². The molecule has 0 unspecified atom stereocenters. The van der Waals surface area contributed by atoms with Crippen molar-refractivity contribution in [2.45, 2.75) is 11.7 Å². The van der Waals surface area contributed by atoms with Crippen molar-refractivity contribution >= 4 is 21.6 Å². The lowest BCUT2D eigenvalue weighted by Crippen LogP contribution is -2.19. The van der Waals surface area contributed by atoms with E-state index in [1.165, 1.54) is 0 Å². The Morgan fingerprint density at radius 1 is 1.59 bits per heavy atom. The summed E-state index contributed by atoms with van der Waals surface area (Å²) in [6.45, 7) is 0. The molecule has 1 heterocycles. The lowest BCUT2D eigenvalue weighted by molar-refractivity contribution is -0.389. The largest absolute Gasteiger partial charge is 0.574 e. The van der Waals surface area contributed by atoms with Crippen molar-refractivity contribution in [3.63, 3.8) is 0 Å². The number of ether oxygens (including phenoxy) is 1. The first kappa shape index (κ1) is 13.5. The second kappa shape index (κ2) is 4.73. The average molecular weight is 317 g/mol. The van der Waals surface area contributed by atoms with Gasteiger partial charge in [0.05, 0.1) is 16.7 Å². The third-order valence-electron chi connectivity index (χ3n) is 1.63. The second-order valence-electron chi connectivity index (χ2n) is 2.71. The summed E-state index contributed by atoms with van der Waals surface area (Å²) in [6.07, 6.45) is -4.46. The molecule has 0 amide bonds. The van der Waals surface area contributed by atoms with Crippen LogP contribution < -0.4 is 4.74 Å². The van der Waals surface area contributed by atoms with Crippen LogP contribution in [0.1, 0.15) is 5.56 Å². The number of hydrogen-bond donors (Lipinski definition) is 1. The van der Waals surface area contributed by atoms with E-state index in [4.69, 9.17) is 0 Å². The van der Waals surface area contributed by atoms with E-state index in [9.17, 15) is 28.4 Å². The topological polar surface area (TPSA) is 85.5 Å². The van der Waals surface area contributed by atoms with Crippen molar-refractivity contribution in [3.05, 3.63) is 21.9 Å². The fourth-order valence-corrected chi connectivity index (χ4v) is 1.57. The number of aromatic nitrogens is 1. The van der Waals surface area contributed by atoms with Crippen LogP contribution in [0.2, 0.25) is 0 Å². The molecular weight excluding hydrogens is 313 g/mol. The molecule has 0 radical (unpaired) electrons. The van der Waals surface area contributed by atoms with Gasteiger partial charge in [0.15, 0.2) is 0 Å². The van der Waals surface area contributed by atoms with Gasteiger partial charge < -0.3 is 9.84 Å². The maximum absolute atomic E-state index is 12.0. The molecule has 6 nitrogen and oxygen atoms in total. The highest BCUT2D eigenvalue weighted by Crippen LogP contribution is 2.37. The van der Waals surface area contributed by atoms with Crippen molar-refractivity contribution in [2.24, 2.45) is 0 Å². The first-order valence-corrected chi connectivity index (χ1v) is 5.05. The van der Waals surface area contributed by atoms with Gasteiger partial charge in [-0.1, -0.05) is 15.9 Å². The summed E-state index contributed by atoms with van der Waals surface area (Å²) in [5, 5.41) is 19.6. The summed E-state index contributed by atoms with van der Waals surface area (Å²) in [6, 6.07) is 0. The summed E-state index contributed by atoms with van der Waals surface area (Å²) in [5.74, 6) is -1.81. The zero-order chi connectivity index (χ0) is 13.2. The number of halogens is 4. The third kappa shape index (κ3) is 3.19. The van der Waals surface area contributed by atoms with Crippen molar-refractivity contribution in [2.75, 3.05) is 0 Å². The molecule has 0 aromatic carbocycles. The summed E-state index contributed by atoms with van der Waals surface area (Å²) >= 11 is 2.81. The molecule has 0 atom stereocenters. The van der Waals surface area contributed by atoms with E-state index in [1.807, 2.05) is 0 Å². The first-order chi connectivity index (χ1) is 7.76. The van der Waals surface area contributed by atoms with Crippen LogP contribution in [0.25, 0.3) is 0 Å². The molecule has 1 rings (SSSR count). The molecule has 1 aromatic rings. The minimum absolute atomic E-state index is 0.216. The van der Waals surface area contributed by atoms with E-state index < -0.39 is 28.6 Å². The van der Waals surface area contributed by atoms with Gasteiger partial charge in [0.25, 0.3) is 0 Å². The SMILES string of the molecule is O=[N+]([O-])c1c(OC(F)(F)F)ncc(O)c1CBr. The number of nitrogens with zero attached hydrogens (tertiary/aromatic N) is 2. The van der Waals surface area contributed by atoms with Gasteiger partial charge in [-0.25, -0.2) is 4.98 Å². The highest BCUT2D eigenvalue weighted by molar-refractivity contribution is 9.08. The quantitative estimate of drug-likeness (QED) is 0.526. The average Bonchev–Trinajstić information content (AvgIpc) is 2.17. The minimum Gasteiger partial charge on any atom is -0.506 e.